The van der Waals surface area contributed by atoms with Gasteiger partial charge < -0.3 is 10.1 Å². The highest BCUT2D eigenvalue weighted by Crippen LogP contribution is 2.15. The summed E-state index contributed by atoms with van der Waals surface area (Å²) >= 11 is 0. The Bertz CT molecular complexity index is 388. The van der Waals surface area contributed by atoms with Crippen LogP contribution in [-0.4, -0.2) is 18.4 Å². The molecule has 0 aromatic heterocycles. The van der Waals surface area contributed by atoms with Crippen LogP contribution in [0.4, 0.5) is 0 Å². The summed E-state index contributed by atoms with van der Waals surface area (Å²) in [5, 5.41) is 2.46. The summed E-state index contributed by atoms with van der Waals surface area (Å²) in [6, 6.07) is 7.23. The lowest BCUT2D eigenvalue weighted by atomic mass is 10.2. The highest BCUT2D eigenvalue weighted by Gasteiger charge is 2.07. The Hall–Kier alpha value is -1.84. The highest BCUT2D eigenvalue weighted by atomic mass is 16.5. The number of ether oxygens (including phenoxy) is 1. The van der Waals surface area contributed by atoms with Gasteiger partial charge in [-0.05, 0) is 18.6 Å². The molecule has 86 valence electrons. The van der Waals surface area contributed by atoms with Crippen molar-refractivity contribution in [1.29, 1.82) is 0 Å². The lowest BCUT2D eigenvalue weighted by molar-refractivity contribution is -0.135. The van der Waals surface area contributed by atoms with Crippen LogP contribution >= 0.6 is 0 Å². The Morgan fingerprint density at radius 3 is 2.62 bits per heavy atom. The zero-order valence-corrected chi connectivity index (χ0v) is 9.45. The zero-order chi connectivity index (χ0) is 12.0. The molecule has 0 saturated heterocycles. The maximum absolute atomic E-state index is 11.3. The van der Waals surface area contributed by atoms with Gasteiger partial charge in [-0.3, -0.25) is 4.79 Å². The molecule has 1 aromatic carbocycles. The van der Waals surface area contributed by atoms with Crippen molar-refractivity contribution in [2.75, 3.05) is 6.54 Å². The number of esters is 1. The molecule has 0 unspecified atom stereocenters. The average Bonchev–Trinajstić information content (AvgIpc) is 2.29. The predicted molar refractivity (Wildman–Crippen MR) is 60.1 cm³/mol. The molecule has 0 spiro atoms. The Morgan fingerprint density at radius 2 is 2.00 bits per heavy atom. The second-order valence-electron chi connectivity index (χ2n) is 3.37. The maximum atomic E-state index is 11.3. The number of nitrogens with one attached hydrogen (secondary N) is 1. The van der Waals surface area contributed by atoms with Crippen molar-refractivity contribution < 1.29 is 14.3 Å². The summed E-state index contributed by atoms with van der Waals surface area (Å²) < 4.78 is 5.09. The minimum absolute atomic E-state index is 0.0962. The van der Waals surface area contributed by atoms with Crippen molar-refractivity contribution >= 4 is 11.9 Å². The molecule has 0 bridgehead atoms. The molecule has 0 saturated carbocycles. The van der Waals surface area contributed by atoms with E-state index in [1.54, 1.807) is 19.1 Å². The van der Waals surface area contributed by atoms with E-state index in [-0.39, 0.29) is 12.5 Å². The number of amides is 1. The Morgan fingerprint density at radius 1 is 1.31 bits per heavy atom. The van der Waals surface area contributed by atoms with Crippen molar-refractivity contribution in [2.24, 2.45) is 0 Å². The van der Waals surface area contributed by atoms with Gasteiger partial charge in [0.2, 0.25) is 5.91 Å². The molecule has 0 aliphatic rings. The Labute approximate surface area is 94.6 Å². The number of rotatable bonds is 4. The molecule has 1 amide bonds. The molecule has 0 fully saturated rings. The molecule has 1 aromatic rings. The van der Waals surface area contributed by atoms with E-state index in [1.807, 2.05) is 19.1 Å². The van der Waals surface area contributed by atoms with Crippen molar-refractivity contribution in [3.8, 4) is 5.75 Å². The van der Waals surface area contributed by atoms with Crippen LogP contribution in [0.25, 0.3) is 0 Å². The summed E-state index contributed by atoms with van der Waals surface area (Å²) in [5.74, 6) is -0.101. The summed E-state index contributed by atoms with van der Waals surface area (Å²) in [6.07, 6.45) is 0.359. The van der Waals surface area contributed by atoms with Crippen LogP contribution in [0.15, 0.2) is 24.3 Å². The monoisotopic (exact) mass is 221 g/mol. The standard InChI is InChI=1S/C12H15NO3/c1-3-11(14)13-8-12(15)16-10-7-5-4-6-9(10)2/h4-7H,3,8H2,1-2H3,(H,13,14). The first-order chi connectivity index (χ1) is 7.63. The van der Waals surface area contributed by atoms with Gasteiger partial charge in [0.25, 0.3) is 0 Å². The minimum atomic E-state index is -0.462. The number of para-hydroxylation sites is 1. The van der Waals surface area contributed by atoms with Gasteiger partial charge in [-0.15, -0.1) is 0 Å². The molecule has 0 heterocycles. The predicted octanol–water partition coefficient (Wildman–Crippen LogP) is 1.43. The third kappa shape index (κ3) is 3.73. The number of aryl methyl sites for hydroxylation is 1. The quantitative estimate of drug-likeness (QED) is 0.618. The van der Waals surface area contributed by atoms with Crippen molar-refractivity contribution in [3.05, 3.63) is 29.8 Å². The zero-order valence-electron chi connectivity index (χ0n) is 9.45. The Kier molecular flexibility index (Phi) is 4.51. The second-order valence-corrected chi connectivity index (χ2v) is 3.37. The third-order valence-corrected chi connectivity index (χ3v) is 2.07. The summed E-state index contributed by atoms with van der Waals surface area (Å²) in [6.45, 7) is 3.48. The fraction of sp³-hybridized carbons (Fsp3) is 0.333. The molecule has 16 heavy (non-hydrogen) atoms. The van der Waals surface area contributed by atoms with E-state index in [2.05, 4.69) is 5.32 Å². The van der Waals surface area contributed by atoms with Gasteiger partial charge in [-0.2, -0.15) is 0 Å². The van der Waals surface area contributed by atoms with Gasteiger partial charge in [0.1, 0.15) is 12.3 Å². The molecule has 4 nitrogen and oxygen atoms in total. The topological polar surface area (TPSA) is 55.4 Å². The normalized spacial score (nSPS) is 9.62. The van der Waals surface area contributed by atoms with Crippen LogP contribution in [0.1, 0.15) is 18.9 Å². The van der Waals surface area contributed by atoms with Gasteiger partial charge in [-0.25, -0.2) is 4.79 Å². The van der Waals surface area contributed by atoms with E-state index < -0.39 is 5.97 Å². The number of benzene rings is 1. The first kappa shape index (κ1) is 12.2. The van der Waals surface area contributed by atoms with Crippen LogP contribution in [0.5, 0.6) is 5.75 Å². The molecule has 0 aliphatic carbocycles. The van der Waals surface area contributed by atoms with Gasteiger partial charge in [0, 0.05) is 6.42 Å². The molecule has 4 heteroatoms. The smallest absolute Gasteiger partial charge is 0.330 e. The summed E-state index contributed by atoms with van der Waals surface area (Å²) in [5.41, 5.74) is 0.887. The number of carbonyl (C=O) groups is 2. The van der Waals surface area contributed by atoms with Crippen LogP contribution in [0, 0.1) is 6.92 Å². The summed E-state index contributed by atoms with van der Waals surface area (Å²) in [4.78, 5) is 22.3. The van der Waals surface area contributed by atoms with E-state index in [0.717, 1.165) is 5.56 Å². The van der Waals surface area contributed by atoms with Gasteiger partial charge in [0.15, 0.2) is 0 Å². The molecule has 0 radical (unpaired) electrons. The maximum Gasteiger partial charge on any atom is 0.330 e. The van der Waals surface area contributed by atoms with Crippen LogP contribution in [0.2, 0.25) is 0 Å². The van der Waals surface area contributed by atoms with Gasteiger partial charge in [-0.1, -0.05) is 25.1 Å². The summed E-state index contributed by atoms with van der Waals surface area (Å²) in [7, 11) is 0. The van der Waals surface area contributed by atoms with Gasteiger partial charge in [0.05, 0.1) is 0 Å². The van der Waals surface area contributed by atoms with Crippen LogP contribution < -0.4 is 10.1 Å². The van der Waals surface area contributed by atoms with Gasteiger partial charge >= 0.3 is 5.97 Å². The van der Waals surface area contributed by atoms with Crippen LogP contribution in [0.3, 0.4) is 0 Å². The number of hydrogen-bond acceptors (Lipinski definition) is 3. The van der Waals surface area contributed by atoms with Crippen molar-refractivity contribution in [3.63, 3.8) is 0 Å². The fourth-order valence-electron chi connectivity index (χ4n) is 1.13. The first-order valence-corrected chi connectivity index (χ1v) is 5.16. The minimum Gasteiger partial charge on any atom is -0.425 e. The third-order valence-electron chi connectivity index (χ3n) is 2.07. The van der Waals surface area contributed by atoms with Crippen molar-refractivity contribution in [2.45, 2.75) is 20.3 Å². The Balaban J connectivity index is 2.46. The second kappa shape index (κ2) is 5.90. The molecular weight excluding hydrogens is 206 g/mol. The average molecular weight is 221 g/mol. The molecule has 0 atom stereocenters. The lowest BCUT2D eigenvalue weighted by Gasteiger charge is -2.07. The molecular formula is C12H15NO3. The van der Waals surface area contributed by atoms with E-state index in [4.69, 9.17) is 4.74 Å². The lowest BCUT2D eigenvalue weighted by Crippen LogP contribution is -2.31. The molecule has 1 N–H and O–H groups in total. The van der Waals surface area contributed by atoms with E-state index in [9.17, 15) is 9.59 Å². The fourth-order valence-corrected chi connectivity index (χ4v) is 1.13. The molecule has 1 rings (SSSR count). The largest absolute Gasteiger partial charge is 0.425 e. The number of hydrogen-bond donors (Lipinski definition) is 1. The molecule has 0 aliphatic heterocycles. The number of carbonyl (C=O) groups excluding carboxylic acids is 2. The van der Waals surface area contributed by atoms with Crippen molar-refractivity contribution in [1.82, 2.24) is 5.32 Å². The van der Waals surface area contributed by atoms with E-state index in [1.165, 1.54) is 0 Å². The first-order valence-electron chi connectivity index (χ1n) is 5.16. The van der Waals surface area contributed by atoms with E-state index >= 15 is 0 Å². The highest BCUT2D eigenvalue weighted by molar-refractivity contribution is 5.82. The van der Waals surface area contributed by atoms with E-state index in [0.29, 0.717) is 12.2 Å². The van der Waals surface area contributed by atoms with Crippen LogP contribution in [-0.2, 0) is 9.59 Å². The SMILES string of the molecule is CCC(=O)NCC(=O)Oc1ccccc1C.